The molecule has 3 aromatic rings. The van der Waals surface area contributed by atoms with Gasteiger partial charge in [0.25, 0.3) is 0 Å². The molecule has 0 aliphatic carbocycles. The van der Waals surface area contributed by atoms with Crippen LogP contribution in [0.2, 0.25) is 0 Å². The molecule has 1 atom stereocenters. The van der Waals surface area contributed by atoms with Gasteiger partial charge in [0.1, 0.15) is 18.5 Å². The van der Waals surface area contributed by atoms with E-state index in [1.165, 1.54) is 11.1 Å². The minimum absolute atomic E-state index is 0.118. The molecule has 178 valence electrons. The molecule has 0 aromatic heterocycles. The van der Waals surface area contributed by atoms with Crippen LogP contribution in [0, 0.1) is 0 Å². The first-order valence-corrected chi connectivity index (χ1v) is 12.1. The zero-order valence-electron chi connectivity index (χ0n) is 19.8. The highest BCUT2D eigenvalue weighted by Crippen LogP contribution is 2.29. The first-order chi connectivity index (χ1) is 16.6. The van der Waals surface area contributed by atoms with E-state index in [0.717, 1.165) is 26.2 Å². The van der Waals surface area contributed by atoms with Crippen molar-refractivity contribution < 1.29 is 14.6 Å². The monoisotopic (exact) mass is 458 g/mol. The highest BCUT2D eigenvalue weighted by Gasteiger charge is 2.27. The smallest absolute Gasteiger partial charge is 0.162 e. The number of piperazine rings is 1. The number of β-amino-alcohol motifs (C(OH)–C–C–N with tert-alkyl or cyclic N) is 1. The third kappa shape index (κ3) is 6.32. The highest BCUT2D eigenvalue weighted by atomic mass is 16.5. The van der Waals surface area contributed by atoms with Gasteiger partial charge in [-0.3, -0.25) is 14.6 Å². The summed E-state index contributed by atoms with van der Waals surface area (Å²) in [5.41, 5.74) is 3.31. The summed E-state index contributed by atoms with van der Waals surface area (Å²) in [6, 6.07) is 28.7. The summed E-state index contributed by atoms with van der Waals surface area (Å²) >= 11 is 0. The summed E-state index contributed by atoms with van der Waals surface area (Å²) in [4.78, 5) is 16.6. The lowest BCUT2D eigenvalue weighted by Crippen LogP contribution is -2.50. The van der Waals surface area contributed by atoms with Crippen LogP contribution in [-0.4, -0.2) is 66.1 Å². The second-order valence-electron chi connectivity index (χ2n) is 8.83. The van der Waals surface area contributed by atoms with Crippen LogP contribution in [0.15, 0.2) is 84.9 Å². The maximum absolute atomic E-state index is 11.7. The molecule has 5 heteroatoms. The van der Waals surface area contributed by atoms with Gasteiger partial charge in [0.15, 0.2) is 5.78 Å². The van der Waals surface area contributed by atoms with E-state index in [4.69, 9.17) is 4.74 Å². The number of carbonyl (C=O) groups is 1. The number of benzene rings is 3. The van der Waals surface area contributed by atoms with Crippen molar-refractivity contribution in [2.24, 2.45) is 0 Å². The van der Waals surface area contributed by atoms with Crippen molar-refractivity contribution in [1.82, 2.24) is 9.80 Å². The zero-order valence-corrected chi connectivity index (χ0v) is 19.8. The minimum atomic E-state index is -0.567. The number of Topliss-reactive ketones (excluding diaryl/α,β-unsaturated/α-hetero) is 1. The van der Waals surface area contributed by atoms with Crippen LogP contribution in [0.25, 0.3) is 0 Å². The normalized spacial score (nSPS) is 15.9. The van der Waals surface area contributed by atoms with Gasteiger partial charge in [-0.15, -0.1) is 0 Å². The quantitative estimate of drug-likeness (QED) is 0.456. The molecule has 1 aliphatic rings. The Morgan fingerprint density at radius 1 is 0.853 bits per heavy atom. The summed E-state index contributed by atoms with van der Waals surface area (Å²) in [7, 11) is 0. The standard InChI is InChI=1S/C29H34N2O3/c1-2-28(33)23-13-15-27(16-14-23)34-22-26(32)21-30-17-19-31(20-18-30)29(24-9-5-3-6-10-24)25-11-7-4-8-12-25/h3-16,26,29,32H,2,17-22H2,1H3/t26-/m1/s1. The second-order valence-corrected chi connectivity index (χ2v) is 8.83. The van der Waals surface area contributed by atoms with E-state index in [1.54, 1.807) is 24.3 Å². The Morgan fingerprint density at radius 3 is 1.94 bits per heavy atom. The number of ketones is 1. The topological polar surface area (TPSA) is 53.0 Å². The molecule has 4 rings (SSSR count). The van der Waals surface area contributed by atoms with Gasteiger partial charge in [0.05, 0.1) is 6.04 Å². The fourth-order valence-electron chi connectivity index (χ4n) is 4.57. The number of rotatable bonds is 10. The summed E-state index contributed by atoms with van der Waals surface area (Å²) in [5, 5.41) is 10.5. The molecule has 0 bridgehead atoms. The molecule has 1 saturated heterocycles. The molecule has 0 saturated carbocycles. The lowest BCUT2D eigenvalue weighted by atomic mass is 9.96. The van der Waals surface area contributed by atoms with Crippen LogP contribution in [0.1, 0.15) is 40.9 Å². The summed E-state index contributed by atoms with van der Waals surface area (Å²) in [6.07, 6.45) is -0.0774. The molecule has 3 aromatic carbocycles. The number of aliphatic hydroxyl groups excluding tert-OH is 1. The van der Waals surface area contributed by atoms with Crippen molar-refractivity contribution in [2.75, 3.05) is 39.3 Å². The van der Waals surface area contributed by atoms with Crippen molar-refractivity contribution in [1.29, 1.82) is 0 Å². The van der Waals surface area contributed by atoms with Gasteiger partial charge in [0.2, 0.25) is 0 Å². The predicted octanol–water partition coefficient (Wildman–Crippen LogP) is 4.43. The fourth-order valence-corrected chi connectivity index (χ4v) is 4.57. The SMILES string of the molecule is CCC(=O)c1ccc(OC[C@H](O)CN2CCN(C(c3ccccc3)c3ccccc3)CC2)cc1. The molecule has 1 fully saturated rings. The maximum atomic E-state index is 11.7. The van der Waals surface area contributed by atoms with Crippen LogP contribution in [0.5, 0.6) is 5.75 Å². The molecule has 0 unspecified atom stereocenters. The molecule has 0 amide bonds. The van der Waals surface area contributed by atoms with E-state index in [9.17, 15) is 9.90 Å². The maximum Gasteiger partial charge on any atom is 0.162 e. The average molecular weight is 459 g/mol. The van der Waals surface area contributed by atoms with Crippen LogP contribution in [0.4, 0.5) is 0 Å². The average Bonchev–Trinajstić information content (AvgIpc) is 2.90. The molecule has 0 spiro atoms. The second kappa shape index (κ2) is 11.9. The first kappa shape index (κ1) is 24.1. The number of ether oxygens (including phenoxy) is 1. The Morgan fingerprint density at radius 2 is 1.41 bits per heavy atom. The Kier molecular flexibility index (Phi) is 8.47. The molecule has 1 aliphatic heterocycles. The van der Waals surface area contributed by atoms with Crippen molar-refractivity contribution in [3.8, 4) is 5.75 Å². The highest BCUT2D eigenvalue weighted by molar-refractivity contribution is 5.95. The fraction of sp³-hybridized carbons (Fsp3) is 0.345. The van der Waals surface area contributed by atoms with Crippen LogP contribution >= 0.6 is 0 Å². The van der Waals surface area contributed by atoms with E-state index in [-0.39, 0.29) is 18.4 Å². The molecular formula is C29H34N2O3. The number of hydrogen-bond donors (Lipinski definition) is 1. The number of aliphatic hydroxyl groups is 1. The molecule has 1 heterocycles. The van der Waals surface area contributed by atoms with Crippen LogP contribution in [-0.2, 0) is 0 Å². The predicted molar refractivity (Wildman–Crippen MR) is 135 cm³/mol. The Bertz CT molecular complexity index is 977. The van der Waals surface area contributed by atoms with Gasteiger partial charge in [-0.1, -0.05) is 67.6 Å². The van der Waals surface area contributed by atoms with Crippen molar-refractivity contribution in [3.63, 3.8) is 0 Å². The van der Waals surface area contributed by atoms with Crippen molar-refractivity contribution >= 4 is 5.78 Å². The molecule has 5 nitrogen and oxygen atoms in total. The van der Waals surface area contributed by atoms with Gasteiger partial charge in [-0.05, 0) is 35.4 Å². The van der Waals surface area contributed by atoms with Gasteiger partial charge in [-0.25, -0.2) is 0 Å². The lowest BCUT2D eigenvalue weighted by Gasteiger charge is -2.40. The number of hydrogen-bond acceptors (Lipinski definition) is 5. The van der Waals surface area contributed by atoms with Crippen LogP contribution < -0.4 is 4.74 Å². The van der Waals surface area contributed by atoms with E-state index in [2.05, 4.69) is 70.5 Å². The summed E-state index contributed by atoms with van der Waals surface area (Å²) in [6.45, 7) is 6.36. The Labute approximate surface area is 202 Å². The summed E-state index contributed by atoms with van der Waals surface area (Å²) < 4.78 is 5.75. The van der Waals surface area contributed by atoms with E-state index < -0.39 is 6.10 Å². The molecule has 0 radical (unpaired) electrons. The van der Waals surface area contributed by atoms with Crippen molar-refractivity contribution in [2.45, 2.75) is 25.5 Å². The van der Waals surface area contributed by atoms with E-state index >= 15 is 0 Å². The van der Waals surface area contributed by atoms with E-state index in [1.807, 2.05) is 6.92 Å². The van der Waals surface area contributed by atoms with Crippen LogP contribution in [0.3, 0.4) is 0 Å². The van der Waals surface area contributed by atoms with Gasteiger partial charge >= 0.3 is 0 Å². The van der Waals surface area contributed by atoms with Crippen molar-refractivity contribution in [3.05, 3.63) is 102 Å². The lowest BCUT2D eigenvalue weighted by molar-refractivity contribution is 0.0401. The Hall–Kier alpha value is -2.99. The Balaban J connectivity index is 1.28. The minimum Gasteiger partial charge on any atom is -0.491 e. The number of nitrogens with zero attached hydrogens (tertiary/aromatic N) is 2. The first-order valence-electron chi connectivity index (χ1n) is 12.1. The molecule has 34 heavy (non-hydrogen) atoms. The summed E-state index contributed by atoms with van der Waals surface area (Å²) in [5.74, 6) is 0.789. The molecule has 1 N–H and O–H groups in total. The van der Waals surface area contributed by atoms with Gasteiger partial charge in [-0.2, -0.15) is 0 Å². The third-order valence-corrected chi connectivity index (χ3v) is 6.41. The largest absolute Gasteiger partial charge is 0.491 e. The van der Waals surface area contributed by atoms with Gasteiger partial charge < -0.3 is 9.84 Å². The van der Waals surface area contributed by atoms with Gasteiger partial charge in [0, 0.05) is 44.7 Å². The van der Waals surface area contributed by atoms with E-state index in [0.29, 0.717) is 24.3 Å². The molecular weight excluding hydrogens is 424 g/mol. The third-order valence-electron chi connectivity index (χ3n) is 6.41. The zero-order chi connectivity index (χ0) is 23.8. The number of carbonyl (C=O) groups excluding carboxylic acids is 1.